The van der Waals surface area contributed by atoms with Crippen molar-refractivity contribution in [1.29, 1.82) is 0 Å². The van der Waals surface area contributed by atoms with Crippen LogP contribution < -0.4 is 0 Å². The molecule has 0 fully saturated rings. The van der Waals surface area contributed by atoms with E-state index in [1.165, 1.54) is 11.3 Å². The molecule has 0 atom stereocenters. The predicted octanol–water partition coefficient (Wildman–Crippen LogP) is 3.61. The van der Waals surface area contributed by atoms with E-state index >= 15 is 0 Å². The van der Waals surface area contributed by atoms with Gasteiger partial charge in [0.15, 0.2) is 0 Å². The molecule has 4 aromatic rings. The highest BCUT2D eigenvalue weighted by atomic mass is 32.1. The van der Waals surface area contributed by atoms with Crippen LogP contribution in [-0.2, 0) is 17.3 Å². The van der Waals surface area contributed by atoms with Gasteiger partial charge in [-0.15, -0.1) is 0 Å². The molecule has 25 heavy (non-hydrogen) atoms. The SMILES string of the molecule is Cn1cnc2cnc3sc(-c4cccc(C(C)(C)C(=O)O)c4)nc3c21. The van der Waals surface area contributed by atoms with Crippen LogP contribution in [0.1, 0.15) is 19.4 Å². The molecule has 0 bridgehead atoms. The Morgan fingerprint density at radius 1 is 1.28 bits per heavy atom. The van der Waals surface area contributed by atoms with Gasteiger partial charge in [-0.05, 0) is 25.5 Å². The number of nitrogens with zero attached hydrogens (tertiary/aromatic N) is 4. The van der Waals surface area contributed by atoms with E-state index in [0.717, 1.165) is 37.5 Å². The molecule has 6 nitrogen and oxygen atoms in total. The molecule has 1 N–H and O–H groups in total. The highest BCUT2D eigenvalue weighted by Crippen LogP contribution is 2.34. The Bertz CT molecular complexity index is 1130. The summed E-state index contributed by atoms with van der Waals surface area (Å²) in [5.74, 6) is -0.854. The first-order chi connectivity index (χ1) is 11.9. The van der Waals surface area contributed by atoms with Crippen LogP contribution in [0.2, 0.25) is 0 Å². The highest BCUT2D eigenvalue weighted by Gasteiger charge is 2.29. The third-order valence-corrected chi connectivity index (χ3v) is 5.48. The van der Waals surface area contributed by atoms with Gasteiger partial charge in [0, 0.05) is 12.6 Å². The van der Waals surface area contributed by atoms with Gasteiger partial charge in [0.2, 0.25) is 0 Å². The average molecular weight is 352 g/mol. The van der Waals surface area contributed by atoms with Gasteiger partial charge in [-0.3, -0.25) is 4.79 Å². The average Bonchev–Trinajstić information content (AvgIpc) is 3.18. The van der Waals surface area contributed by atoms with E-state index in [4.69, 9.17) is 4.98 Å². The predicted molar refractivity (Wildman–Crippen MR) is 97.8 cm³/mol. The summed E-state index contributed by atoms with van der Waals surface area (Å²) in [6.45, 7) is 3.40. The van der Waals surface area contributed by atoms with E-state index in [1.54, 1.807) is 26.4 Å². The molecule has 4 rings (SSSR count). The van der Waals surface area contributed by atoms with Crippen LogP contribution in [-0.4, -0.2) is 30.6 Å². The first-order valence-electron chi connectivity index (χ1n) is 7.79. The maximum Gasteiger partial charge on any atom is 0.313 e. The number of carboxylic acid groups (broad SMARTS) is 1. The third-order valence-electron chi connectivity index (χ3n) is 4.47. The van der Waals surface area contributed by atoms with Crippen LogP contribution in [0.4, 0.5) is 0 Å². The van der Waals surface area contributed by atoms with Crippen molar-refractivity contribution in [2.45, 2.75) is 19.3 Å². The first kappa shape index (κ1) is 15.7. The fourth-order valence-electron chi connectivity index (χ4n) is 2.79. The van der Waals surface area contributed by atoms with Gasteiger partial charge in [0.25, 0.3) is 0 Å². The minimum absolute atomic E-state index is 0.746. The molecule has 3 aromatic heterocycles. The lowest BCUT2D eigenvalue weighted by Gasteiger charge is -2.20. The molecule has 0 unspecified atom stereocenters. The number of hydrogen-bond donors (Lipinski definition) is 1. The molecule has 7 heteroatoms. The molecule has 0 spiro atoms. The summed E-state index contributed by atoms with van der Waals surface area (Å²) in [4.78, 5) is 25.9. The van der Waals surface area contributed by atoms with Crippen LogP contribution in [0.25, 0.3) is 32.0 Å². The Kier molecular flexibility index (Phi) is 3.36. The zero-order valence-corrected chi connectivity index (χ0v) is 14.8. The molecule has 126 valence electrons. The molecule has 0 amide bonds. The second-order valence-corrected chi connectivity index (χ2v) is 7.51. The van der Waals surface area contributed by atoms with Gasteiger partial charge in [0.05, 0.1) is 23.5 Å². The topological polar surface area (TPSA) is 80.9 Å². The maximum atomic E-state index is 11.5. The minimum Gasteiger partial charge on any atom is -0.481 e. The van der Waals surface area contributed by atoms with Crippen molar-refractivity contribution >= 4 is 38.7 Å². The van der Waals surface area contributed by atoms with Gasteiger partial charge in [0.1, 0.15) is 20.9 Å². The number of aryl methyl sites for hydroxylation is 1. The Morgan fingerprint density at radius 2 is 2.08 bits per heavy atom. The normalized spacial score (nSPS) is 12.1. The molecule has 0 aliphatic rings. The summed E-state index contributed by atoms with van der Waals surface area (Å²) < 4.78 is 1.94. The van der Waals surface area contributed by atoms with Crippen LogP contribution >= 0.6 is 11.3 Å². The number of hydrogen-bond acceptors (Lipinski definition) is 5. The fraction of sp³-hybridized carbons (Fsp3) is 0.222. The van der Waals surface area contributed by atoms with Crippen LogP contribution in [0.15, 0.2) is 36.8 Å². The second-order valence-electron chi connectivity index (χ2n) is 6.53. The number of imidazole rings is 1. The first-order valence-corrected chi connectivity index (χ1v) is 8.60. The van der Waals surface area contributed by atoms with Crippen LogP contribution in [0, 0.1) is 0 Å². The van der Waals surface area contributed by atoms with Crippen molar-refractivity contribution in [2.24, 2.45) is 7.05 Å². The fourth-order valence-corrected chi connectivity index (χ4v) is 3.70. The van der Waals surface area contributed by atoms with Crippen molar-refractivity contribution in [3.05, 3.63) is 42.4 Å². The number of pyridine rings is 1. The van der Waals surface area contributed by atoms with E-state index in [1.807, 2.05) is 35.9 Å². The number of benzene rings is 1. The van der Waals surface area contributed by atoms with Crippen molar-refractivity contribution < 1.29 is 9.90 Å². The number of thiazole rings is 1. The molecule has 0 aliphatic carbocycles. The Morgan fingerprint density at radius 3 is 2.84 bits per heavy atom. The van der Waals surface area contributed by atoms with E-state index in [0.29, 0.717) is 0 Å². The molecule has 0 saturated carbocycles. The lowest BCUT2D eigenvalue weighted by atomic mass is 9.84. The van der Waals surface area contributed by atoms with E-state index in [-0.39, 0.29) is 0 Å². The number of fused-ring (bicyclic) bond motifs is 3. The van der Waals surface area contributed by atoms with Gasteiger partial charge in [-0.2, -0.15) is 0 Å². The Hall–Kier alpha value is -2.80. The molecule has 0 saturated heterocycles. The lowest BCUT2D eigenvalue weighted by Crippen LogP contribution is -2.28. The zero-order valence-electron chi connectivity index (χ0n) is 14.0. The van der Waals surface area contributed by atoms with Gasteiger partial charge in [-0.25, -0.2) is 15.0 Å². The molecular weight excluding hydrogens is 336 g/mol. The summed E-state index contributed by atoms with van der Waals surface area (Å²) in [7, 11) is 1.93. The second kappa shape index (κ2) is 5.35. The summed E-state index contributed by atoms with van der Waals surface area (Å²) in [5, 5.41) is 10.3. The summed E-state index contributed by atoms with van der Waals surface area (Å²) in [6, 6.07) is 7.54. The maximum absolute atomic E-state index is 11.5. The van der Waals surface area contributed by atoms with E-state index in [9.17, 15) is 9.90 Å². The van der Waals surface area contributed by atoms with Gasteiger partial charge in [-0.1, -0.05) is 29.5 Å². The number of aliphatic carboxylic acids is 1. The lowest BCUT2D eigenvalue weighted by molar-refractivity contribution is -0.142. The summed E-state index contributed by atoms with van der Waals surface area (Å²) >= 11 is 1.49. The number of carboxylic acids is 1. The quantitative estimate of drug-likeness (QED) is 0.609. The molecule has 0 aliphatic heterocycles. The van der Waals surface area contributed by atoms with Crippen molar-refractivity contribution in [2.75, 3.05) is 0 Å². The Labute approximate surface area is 147 Å². The Balaban J connectivity index is 1.89. The zero-order chi connectivity index (χ0) is 17.8. The highest BCUT2D eigenvalue weighted by molar-refractivity contribution is 7.21. The number of rotatable bonds is 3. The summed E-state index contributed by atoms with van der Waals surface area (Å²) in [5.41, 5.74) is 3.27. The van der Waals surface area contributed by atoms with Gasteiger partial charge < -0.3 is 9.67 Å². The van der Waals surface area contributed by atoms with Crippen molar-refractivity contribution in [1.82, 2.24) is 19.5 Å². The molecule has 3 heterocycles. The largest absolute Gasteiger partial charge is 0.481 e. The minimum atomic E-state index is -0.958. The van der Waals surface area contributed by atoms with Crippen LogP contribution in [0.3, 0.4) is 0 Å². The standard InChI is InChI=1S/C18H16N4O2S/c1-18(2,17(23)24)11-6-4-5-10(7-11)15-21-13-14-12(20-9-22(14)3)8-19-16(13)25-15/h4-9H,1-3H3,(H,23,24). The smallest absolute Gasteiger partial charge is 0.313 e. The van der Waals surface area contributed by atoms with E-state index < -0.39 is 11.4 Å². The number of carbonyl (C=O) groups is 1. The van der Waals surface area contributed by atoms with Gasteiger partial charge >= 0.3 is 5.97 Å². The van der Waals surface area contributed by atoms with Crippen molar-refractivity contribution in [3.63, 3.8) is 0 Å². The molecule has 1 aromatic carbocycles. The third kappa shape index (κ3) is 2.39. The number of aromatic nitrogens is 4. The molecule has 0 radical (unpaired) electrons. The summed E-state index contributed by atoms with van der Waals surface area (Å²) in [6.07, 6.45) is 3.50. The van der Waals surface area contributed by atoms with Crippen LogP contribution in [0.5, 0.6) is 0 Å². The monoisotopic (exact) mass is 352 g/mol. The molecular formula is C18H16N4O2S. The van der Waals surface area contributed by atoms with Crippen molar-refractivity contribution in [3.8, 4) is 10.6 Å². The van der Waals surface area contributed by atoms with E-state index in [2.05, 4.69) is 9.97 Å².